The van der Waals surface area contributed by atoms with E-state index in [0.29, 0.717) is 0 Å². The molecule has 0 fully saturated rings. The van der Waals surface area contributed by atoms with Crippen molar-refractivity contribution in [3.63, 3.8) is 0 Å². The second kappa shape index (κ2) is 8.81. The van der Waals surface area contributed by atoms with Crippen LogP contribution in [0.25, 0.3) is 0 Å². The van der Waals surface area contributed by atoms with Gasteiger partial charge in [0, 0.05) is 0 Å². The van der Waals surface area contributed by atoms with Crippen LogP contribution >= 0.6 is 0 Å². The summed E-state index contributed by atoms with van der Waals surface area (Å²) in [5.41, 5.74) is -0.653. The average Bonchev–Trinajstić information content (AvgIpc) is 2.25. The van der Waals surface area contributed by atoms with Gasteiger partial charge in [0.25, 0.3) is 0 Å². The third-order valence-electron chi connectivity index (χ3n) is 1.36. The maximum Gasteiger partial charge on any atom is 0.408 e. The molecule has 1 atom stereocenters. The molecule has 0 aliphatic rings. The van der Waals surface area contributed by atoms with Crippen LogP contribution < -0.4 is 5.32 Å². The van der Waals surface area contributed by atoms with Gasteiger partial charge in [0.15, 0.2) is 6.04 Å². The van der Waals surface area contributed by atoms with Crippen molar-refractivity contribution in [2.24, 2.45) is 0 Å². The maximum atomic E-state index is 11.2. The topological polar surface area (TPSA) is 84.9 Å². The minimum Gasteiger partial charge on any atom is -0.467 e. The van der Waals surface area contributed by atoms with Gasteiger partial charge in [-0.3, -0.25) is 0 Å². The van der Waals surface area contributed by atoms with Gasteiger partial charge in [0.05, 0.1) is 13.7 Å². The SMILES string of the molecule is CC.COC(=O)C(CO)NC(=O)OC(C)(C)C. The molecule has 0 rings (SSSR count). The Morgan fingerprint density at radius 1 is 1.29 bits per heavy atom. The van der Waals surface area contributed by atoms with Crippen LogP contribution in [-0.2, 0) is 14.3 Å². The standard InChI is InChI=1S/C9H17NO5.C2H6/c1-9(2,3)15-8(13)10-6(5-11)7(12)14-4;1-2/h6,11H,5H2,1-4H3,(H,10,13);1-2H3. The summed E-state index contributed by atoms with van der Waals surface area (Å²) < 4.78 is 9.26. The molecular weight excluding hydrogens is 226 g/mol. The molecule has 6 nitrogen and oxygen atoms in total. The van der Waals surface area contributed by atoms with E-state index in [-0.39, 0.29) is 0 Å². The van der Waals surface area contributed by atoms with Gasteiger partial charge in [-0.05, 0) is 20.8 Å². The van der Waals surface area contributed by atoms with Crippen LogP contribution in [-0.4, -0.2) is 42.5 Å². The first kappa shape index (κ1) is 18.1. The average molecular weight is 249 g/mol. The minimum atomic E-state index is -1.09. The summed E-state index contributed by atoms with van der Waals surface area (Å²) in [7, 11) is 1.17. The Kier molecular flexibility index (Phi) is 9.36. The molecular formula is C11H23NO5. The van der Waals surface area contributed by atoms with E-state index < -0.39 is 30.3 Å². The molecule has 0 bridgehead atoms. The van der Waals surface area contributed by atoms with Gasteiger partial charge in [-0.15, -0.1) is 0 Å². The number of aliphatic hydroxyl groups is 1. The van der Waals surface area contributed by atoms with Crippen LogP contribution in [0.15, 0.2) is 0 Å². The monoisotopic (exact) mass is 249 g/mol. The van der Waals surface area contributed by atoms with Gasteiger partial charge in [0.1, 0.15) is 5.60 Å². The zero-order valence-corrected chi connectivity index (χ0v) is 11.4. The van der Waals surface area contributed by atoms with Gasteiger partial charge in [-0.1, -0.05) is 13.8 Å². The summed E-state index contributed by atoms with van der Waals surface area (Å²) in [5, 5.41) is 11.0. The molecule has 102 valence electrons. The number of methoxy groups -OCH3 is 1. The fraction of sp³-hybridized carbons (Fsp3) is 0.818. The number of amides is 1. The van der Waals surface area contributed by atoms with E-state index in [0.717, 1.165) is 0 Å². The van der Waals surface area contributed by atoms with Gasteiger partial charge in [-0.25, -0.2) is 9.59 Å². The molecule has 2 N–H and O–H groups in total. The molecule has 6 heteroatoms. The van der Waals surface area contributed by atoms with E-state index in [4.69, 9.17) is 9.84 Å². The fourth-order valence-electron chi connectivity index (χ4n) is 0.771. The minimum absolute atomic E-state index is 0.536. The second-order valence-corrected chi connectivity index (χ2v) is 3.90. The van der Waals surface area contributed by atoms with Crippen LogP contribution in [0.3, 0.4) is 0 Å². The number of alkyl carbamates (subject to hydrolysis) is 1. The van der Waals surface area contributed by atoms with Gasteiger partial charge in [0.2, 0.25) is 0 Å². The highest BCUT2D eigenvalue weighted by atomic mass is 16.6. The zero-order valence-electron chi connectivity index (χ0n) is 11.4. The summed E-state index contributed by atoms with van der Waals surface area (Å²) >= 11 is 0. The highest BCUT2D eigenvalue weighted by molar-refractivity contribution is 5.81. The predicted octanol–water partition coefficient (Wildman–Crippen LogP) is 1.07. The predicted molar refractivity (Wildman–Crippen MR) is 63.6 cm³/mol. The highest BCUT2D eigenvalue weighted by Gasteiger charge is 2.23. The number of rotatable bonds is 3. The lowest BCUT2D eigenvalue weighted by molar-refractivity contribution is -0.144. The van der Waals surface area contributed by atoms with Gasteiger partial charge < -0.3 is 19.9 Å². The molecule has 0 aromatic rings. The number of nitrogens with one attached hydrogen (secondary N) is 1. The van der Waals surface area contributed by atoms with Crippen molar-refractivity contribution in [3.05, 3.63) is 0 Å². The molecule has 0 heterocycles. The molecule has 0 aliphatic carbocycles. The van der Waals surface area contributed by atoms with E-state index >= 15 is 0 Å². The number of hydrogen-bond acceptors (Lipinski definition) is 5. The second-order valence-electron chi connectivity index (χ2n) is 3.90. The van der Waals surface area contributed by atoms with Crippen molar-refractivity contribution in [2.45, 2.75) is 46.3 Å². The van der Waals surface area contributed by atoms with Crippen LogP contribution in [0, 0.1) is 0 Å². The van der Waals surface area contributed by atoms with Crippen molar-refractivity contribution < 1.29 is 24.2 Å². The molecule has 17 heavy (non-hydrogen) atoms. The lowest BCUT2D eigenvalue weighted by atomic mass is 10.2. The molecule has 0 saturated heterocycles. The lowest BCUT2D eigenvalue weighted by Crippen LogP contribution is -2.46. The van der Waals surface area contributed by atoms with Crippen molar-refractivity contribution in [1.82, 2.24) is 5.32 Å². The van der Waals surface area contributed by atoms with Crippen molar-refractivity contribution in [3.8, 4) is 0 Å². The van der Waals surface area contributed by atoms with Crippen LogP contribution in [0.5, 0.6) is 0 Å². The molecule has 0 aromatic carbocycles. The third-order valence-corrected chi connectivity index (χ3v) is 1.36. The zero-order chi connectivity index (χ0) is 14.1. The number of ether oxygens (including phenoxy) is 2. The van der Waals surface area contributed by atoms with E-state index in [1.165, 1.54) is 7.11 Å². The van der Waals surface area contributed by atoms with Crippen molar-refractivity contribution in [1.29, 1.82) is 0 Å². The van der Waals surface area contributed by atoms with Crippen molar-refractivity contribution in [2.75, 3.05) is 13.7 Å². The van der Waals surface area contributed by atoms with Crippen LogP contribution in [0.2, 0.25) is 0 Å². The number of hydrogen-bond donors (Lipinski definition) is 2. The Bertz CT molecular complexity index is 235. The summed E-state index contributed by atoms with van der Waals surface area (Å²) in [6.07, 6.45) is -0.771. The Morgan fingerprint density at radius 2 is 1.76 bits per heavy atom. The number of carbonyl (C=O) groups is 2. The molecule has 1 amide bonds. The molecule has 0 saturated carbocycles. The van der Waals surface area contributed by atoms with E-state index in [9.17, 15) is 9.59 Å². The Labute approximate surface area is 102 Å². The normalized spacial score (nSPS) is 11.7. The first-order valence-corrected chi connectivity index (χ1v) is 5.48. The van der Waals surface area contributed by atoms with Crippen LogP contribution in [0.4, 0.5) is 4.79 Å². The first-order chi connectivity index (χ1) is 7.80. The molecule has 1 unspecified atom stereocenters. The summed E-state index contributed by atoms with van der Waals surface area (Å²) in [6.45, 7) is 8.54. The van der Waals surface area contributed by atoms with Crippen LogP contribution in [0.1, 0.15) is 34.6 Å². The fourth-order valence-corrected chi connectivity index (χ4v) is 0.771. The molecule has 0 aromatic heterocycles. The quantitative estimate of drug-likeness (QED) is 0.731. The van der Waals surface area contributed by atoms with Gasteiger partial charge in [-0.2, -0.15) is 0 Å². The summed E-state index contributed by atoms with van der Waals surface area (Å²) in [5.74, 6) is -0.719. The van der Waals surface area contributed by atoms with E-state index in [2.05, 4.69) is 10.1 Å². The van der Waals surface area contributed by atoms with E-state index in [1.807, 2.05) is 13.8 Å². The largest absolute Gasteiger partial charge is 0.467 e. The van der Waals surface area contributed by atoms with Crippen molar-refractivity contribution >= 4 is 12.1 Å². The third kappa shape index (κ3) is 9.62. The van der Waals surface area contributed by atoms with E-state index in [1.54, 1.807) is 20.8 Å². The number of aliphatic hydroxyl groups excluding tert-OH is 1. The number of esters is 1. The Balaban J connectivity index is 0. The number of carbonyl (C=O) groups excluding carboxylic acids is 2. The molecule has 0 aliphatic heterocycles. The van der Waals surface area contributed by atoms with Gasteiger partial charge >= 0.3 is 12.1 Å². The first-order valence-electron chi connectivity index (χ1n) is 5.48. The smallest absolute Gasteiger partial charge is 0.408 e. The summed E-state index contributed by atoms with van der Waals surface area (Å²) in [4.78, 5) is 22.2. The summed E-state index contributed by atoms with van der Waals surface area (Å²) in [6, 6.07) is -1.09. The molecule has 0 radical (unpaired) electrons. The highest BCUT2D eigenvalue weighted by Crippen LogP contribution is 2.06. The Hall–Kier alpha value is -1.30. The lowest BCUT2D eigenvalue weighted by Gasteiger charge is -2.21. The molecule has 0 spiro atoms. The Morgan fingerprint density at radius 3 is 2.06 bits per heavy atom. The maximum absolute atomic E-state index is 11.2.